The van der Waals surface area contributed by atoms with Gasteiger partial charge in [0.1, 0.15) is 0 Å². The monoisotopic (exact) mass is 369 g/mol. The van der Waals surface area contributed by atoms with Crippen LogP contribution in [0.5, 0.6) is 17.2 Å². The van der Waals surface area contributed by atoms with E-state index in [1.165, 1.54) is 0 Å². The fourth-order valence-electron chi connectivity index (χ4n) is 2.71. The zero-order chi connectivity index (χ0) is 19.2. The average Bonchev–Trinajstić information content (AvgIpc) is 3.06. The largest absolute Gasteiger partial charge is 0.490 e. The standard InChI is InChI=1S/C20H23N3O4/c1-4-25-16-11-13(12-17(26-5-2)18(16)27-6-3)19(24)23-20-21-14-9-7-8-10-15(14)22-20/h7-12H,4-6H2,1-3H3,(H2,21,22,23,24). The summed E-state index contributed by atoms with van der Waals surface area (Å²) in [5.74, 6) is 1.51. The second-order valence-corrected chi connectivity index (χ2v) is 5.66. The van der Waals surface area contributed by atoms with Crippen LogP contribution in [0, 0.1) is 0 Å². The Kier molecular flexibility index (Phi) is 5.80. The average molecular weight is 369 g/mol. The Morgan fingerprint density at radius 2 is 1.63 bits per heavy atom. The van der Waals surface area contributed by atoms with Crippen molar-refractivity contribution in [2.24, 2.45) is 0 Å². The highest BCUT2D eigenvalue weighted by Gasteiger charge is 2.19. The molecule has 142 valence electrons. The molecule has 0 aliphatic carbocycles. The molecule has 27 heavy (non-hydrogen) atoms. The number of amides is 1. The van der Waals surface area contributed by atoms with E-state index in [0.29, 0.717) is 48.6 Å². The summed E-state index contributed by atoms with van der Waals surface area (Å²) in [5, 5.41) is 2.78. The van der Waals surface area contributed by atoms with Crippen molar-refractivity contribution in [1.29, 1.82) is 0 Å². The van der Waals surface area contributed by atoms with E-state index < -0.39 is 0 Å². The third-order valence-corrected chi connectivity index (χ3v) is 3.79. The van der Waals surface area contributed by atoms with Gasteiger partial charge in [0, 0.05) is 5.56 Å². The first kappa shape index (κ1) is 18.6. The van der Waals surface area contributed by atoms with Crippen molar-refractivity contribution in [3.05, 3.63) is 42.0 Å². The van der Waals surface area contributed by atoms with Crippen LogP contribution in [-0.2, 0) is 0 Å². The molecule has 7 nitrogen and oxygen atoms in total. The van der Waals surface area contributed by atoms with E-state index in [0.717, 1.165) is 11.0 Å². The Hall–Kier alpha value is -3.22. The van der Waals surface area contributed by atoms with Crippen molar-refractivity contribution in [3.63, 3.8) is 0 Å². The molecule has 0 saturated heterocycles. The predicted octanol–water partition coefficient (Wildman–Crippen LogP) is 4.01. The molecule has 0 radical (unpaired) electrons. The number of carbonyl (C=O) groups excluding carboxylic acids is 1. The Labute approximate surface area is 157 Å². The molecule has 0 aliphatic heterocycles. The number of aromatic nitrogens is 2. The van der Waals surface area contributed by atoms with Crippen LogP contribution in [0.4, 0.5) is 5.95 Å². The van der Waals surface area contributed by atoms with Crippen LogP contribution < -0.4 is 19.5 Å². The van der Waals surface area contributed by atoms with Gasteiger partial charge < -0.3 is 19.2 Å². The molecular weight excluding hydrogens is 346 g/mol. The Morgan fingerprint density at radius 1 is 1.00 bits per heavy atom. The molecule has 0 fully saturated rings. The van der Waals surface area contributed by atoms with Gasteiger partial charge in [-0.25, -0.2) is 4.98 Å². The van der Waals surface area contributed by atoms with E-state index in [9.17, 15) is 4.79 Å². The zero-order valence-corrected chi connectivity index (χ0v) is 15.7. The maximum atomic E-state index is 12.7. The molecule has 2 aromatic carbocycles. The number of nitrogens with zero attached hydrogens (tertiary/aromatic N) is 1. The van der Waals surface area contributed by atoms with Crippen LogP contribution in [0.25, 0.3) is 11.0 Å². The number of rotatable bonds is 8. The quantitative estimate of drug-likeness (QED) is 0.627. The molecule has 1 aromatic heterocycles. The Balaban J connectivity index is 1.92. The molecule has 0 unspecified atom stereocenters. The first-order chi connectivity index (χ1) is 13.2. The fraction of sp³-hybridized carbons (Fsp3) is 0.300. The van der Waals surface area contributed by atoms with Gasteiger partial charge in [-0.1, -0.05) is 12.1 Å². The number of hydrogen-bond donors (Lipinski definition) is 2. The summed E-state index contributed by atoms with van der Waals surface area (Å²) >= 11 is 0. The molecule has 3 aromatic rings. The second kappa shape index (κ2) is 8.44. The third-order valence-electron chi connectivity index (χ3n) is 3.79. The van der Waals surface area contributed by atoms with E-state index in [2.05, 4.69) is 15.3 Å². The molecule has 1 amide bonds. The van der Waals surface area contributed by atoms with E-state index in [1.807, 2.05) is 45.0 Å². The van der Waals surface area contributed by atoms with Gasteiger partial charge in [0.2, 0.25) is 11.7 Å². The minimum Gasteiger partial charge on any atom is -0.490 e. The lowest BCUT2D eigenvalue weighted by Gasteiger charge is -2.16. The van der Waals surface area contributed by atoms with Gasteiger partial charge in [0.25, 0.3) is 5.91 Å². The van der Waals surface area contributed by atoms with Crippen LogP contribution in [0.15, 0.2) is 36.4 Å². The normalized spacial score (nSPS) is 10.6. The highest BCUT2D eigenvalue weighted by molar-refractivity contribution is 6.04. The number of ether oxygens (including phenoxy) is 3. The summed E-state index contributed by atoms with van der Waals surface area (Å²) in [4.78, 5) is 20.2. The van der Waals surface area contributed by atoms with Crippen molar-refractivity contribution in [3.8, 4) is 17.2 Å². The molecule has 0 aliphatic rings. The molecule has 1 heterocycles. The fourth-order valence-corrected chi connectivity index (χ4v) is 2.71. The SMILES string of the molecule is CCOc1cc(C(=O)Nc2nc3ccccc3[nH]2)cc(OCC)c1OCC. The highest BCUT2D eigenvalue weighted by Crippen LogP contribution is 2.39. The van der Waals surface area contributed by atoms with E-state index in [4.69, 9.17) is 14.2 Å². The molecule has 0 atom stereocenters. The van der Waals surface area contributed by atoms with E-state index >= 15 is 0 Å². The van der Waals surface area contributed by atoms with Crippen LogP contribution >= 0.6 is 0 Å². The molecule has 7 heteroatoms. The predicted molar refractivity (Wildman–Crippen MR) is 104 cm³/mol. The van der Waals surface area contributed by atoms with Gasteiger partial charge >= 0.3 is 0 Å². The van der Waals surface area contributed by atoms with Crippen molar-refractivity contribution in [1.82, 2.24) is 9.97 Å². The van der Waals surface area contributed by atoms with Gasteiger partial charge in [-0.2, -0.15) is 0 Å². The summed E-state index contributed by atoms with van der Waals surface area (Å²) in [6, 6.07) is 10.9. The summed E-state index contributed by atoms with van der Waals surface area (Å²) in [5.41, 5.74) is 2.03. The van der Waals surface area contributed by atoms with Crippen LogP contribution in [0.1, 0.15) is 31.1 Å². The van der Waals surface area contributed by atoms with Crippen molar-refractivity contribution < 1.29 is 19.0 Å². The first-order valence-electron chi connectivity index (χ1n) is 8.98. The first-order valence-corrected chi connectivity index (χ1v) is 8.98. The maximum absolute atomic E-state index is 12.7. The van der Waals surface area contributed by atoms with Crippen LogP contribution in [0.2, 0.25) is 0 Å². The number of H-pyrrole nitrogens is 1. The maximum Gasteiger partial charge on any atom is 0.258 e. The van der Waals surface area contributed by atoms with Gasteiger partial charge in [0.15, 0.2) is 11.5 Å². The molecule has 0 spiro atoms. The third kappa shape index (κ3) is 4.13. The Bertz CT molecular complexity index is 876. The molecule has 2 N–H and O–H groups in total. The zero-order valence-electron chi connectivity index (χ0n) is 15.7. The number of benzene rings is 2. The summed E-state index contributed by atoms with van der Waals surface area (Å²) in [6.45, 7) is 6.98. The number of imidazole rings is 1. The van der Waals surface area contributed by atoms with Gasteiger partial charge in [-0.3, -0.25) is 10.1 Å². The minimum atomic E-state index is -0.320. The smallest absolute Gasteiger partial charge is 0.258 e. The molecule has 0 saturated carbocycles. The molecular formula is C20H23N3O4. The summed E-state index contributed by atoms with van der Waals surface area (Å²) < 4.78 is 17.0. The highest BCUT2D eigenvalue weighted by atomic mass is 16.5. The lowest BCUT2D eigenvalue weighted by molar-refractivity contribution is 0.102. The Morgan fingerprint density at radius 3 is 2.22 bits per heavy atom. The lowest BCUT2D eigenvalue weighted by Crippen LogP contribution is -2.14. The number of fused-ring (bicyclic) bond motifs is 1. The number of para-hydroxylation sites is 2. The van der Waals surface area contributed by atoms with Crippen molar-refractivity contribution in [2.75, 3.05) is 25.1 Å². The van der Waals surface area contributed by atoms with Crippen molar-refractivity contribution in [2.45, 2.75) is 20.8 Å². The second-order valence-electron chi connectivity index (χ2n) is 5.66. The van der Waals surface area contributed by atoms with Crippen LogP contribution in [-0.4, -0.2) is 35.7 Å². The molecule has 3 rings (SSSR count). The van der Waals surface area contributed by atoms with Gasteiger partial charge in [-0.15, -0.1) is 0 Å². The number of carbonyl (C=O) groups is 1. The molecule has 0 bridgehead atoms. The number of hydrogen-bond acceptors (Lipinski definition) is 5. The lowest BCUT2D eigenvalue weighted by atomic mass is 10.1. The van der Waals surface area contributed by atoms with Crippen molar-refractivity contribution >= 4 is 22.9 Å². The van der Waals surface area contributed by atoms with Crippen LogP contribution in [0.3, 0.4) is 0 Å². The van der Waals surface area contributed by atoms with Gasteiger partial charge in [-0.05, 0) is 45.0 Å². The van der Waals surface area contributed by atoms with Gasteiger partial charge in [0.05, 0.1) is 30.9 Å². The number of aromatic amines is 1. The minimum absolute atomic E-state index is 0.320. The van der Waals surface area contributed by atoms with E-state index in [1.54, 1.807) is 12.1 Å². The summed E-state index contributed by atoms with van der Waals surface area (Å²) in [6.07, 6.45) is 0. The number of nitrogens with one attached hydrogen (secondary N) is 2. The van der Waals surface area contributed by atoms with E-state index in [-0.39, 0.29) is 5.91 Å². The topological polar surface area (TPSA) is 85.5 Å². The number of anilines is 1. The summed E-state index contributed by atoms with van der Waals surface area (Å²) in [7, 11) is 0.